The average Bonchev–Trinajstić information content (AvgIpc) is 2.84. The van der Waals surface area contributed by atoms with Gasteiger partial charge < -0.3 is 10.1 Å². The number of thioether (sulfide) groups is 1. The van der Waals surface area contributed by atoms with Crippen molar-refractivity contribution in [2.75, 3.05) is 5.73 Å². The normalized spacial score (nSPS) is 11.1. The second-order valence-electron chi connectivity index (χ2n) is 4.63. The zero-order valence-corrected chi connectivity index (χ0v) is 11.8. The van der Waals surface area contributed by atoms with E-state index < -0.39 is 0 Å². The standard InChI is InChI=1S/C15H14FN3S/c1-10-3-2-6-19-8-12(18-15(10)19)9-20-14-7-11(16)4-5-13(14)17/h2-8H,9,17H2,1H3. The van der Waals surface area contributed by atoms with Crippen LogP contribution in [-0.4, -0.2) is 9.38 Å². The van der Waals surface area contributed by atoms with Crippen LogP contribution in [0.4, 0.5) is 10.1 Å². The van der Waals surface area contributed by atoms with Crippen molar-refractivity contribution in [3.63, 3.8) is 0 Å². The fourth-order valence-electron chi connectivity index (χ4n) is 2.06. The van der Waals surface area contributed by atoms with Crippen LogP contribution in [0.1, 0.15) is 11.3 Å². The molecule has 20 heavy (non-hydrogen) atoms. The molecule has 0 unspecified atom stereocenters. The van der Waals surface area contributed by atoms with Gasteiger partial charge in [-0.2, -0.15) is 0 Å². The van der Waals surface area contributed by atoms with Crippen LogP contribution in [0, 0.1) is 12.7 Å². The number of aromatic nitrogens is 2. The van der Waals surface area contributed by atoms with Crippen molar-refractivity contribution in [1.82, 2.24) is 9.38 Å². The summed E-state index contributed by atoms with van der Waals surface area (Å²) in [4.78, 5) is 5.34. The number of imidazole rings is 1. The van der Waals surface area contributed by atoms with Gasteiger partial charge in [0.25, 0.3) is 0 Å². The van der Waals surface area contributed by atoms with Crippen molar-refractivity contribution in [3.8, 4) is 0 Å². The molecular weight excluding hydrogens is 273 g/mol. The molecule has 3 nitrogen and oxygen atoms in total. The van der Waals surface area contributed by atoms with Gasteiger partial charge in [-0.05, 0) is 36.8 Å². The second-order valence-corrected chi connectivity index (χ2v) is 5.64. The lowest BCUT2D eigenvalue weighted by molar-refractivity contribution is 0.624. The summed E-state index contributed by atoms with van der Waals surface area (Å²) in [5, 5.41) is 0. The number of nitrogens with zero attached hydrogens (tertiary/aromatic N) is 2. The van der Waals surface area contributed by atoms with Gasteiger partial charge in [0.1, 0.15) is 11.5 Å². The van der Waals surface area contributed by atoms with Gasteiger partial charge in [-0.1, -0.05) is 6.07 Å². The maximum atomic E-state index is 13.2. The third kappa shape index (κ3) is 2.49. The molecule has 3 aromatic rings. The van der Waals surface area contributed by atoms with E-state index in [1.165, 1.54) is 23.9 Å². The Bertz CT molecular complexity index is 767. The minimum atomic E-state index is -0.271. The maximum Gasteiger partial charge on any atom is 0.139 e. The minimum absolute atomic E-state index is 0.271. The van der Waals surface area contributed by atoms with E-state index in [1.54, 1.807) is 6.07 Å². The number of pyridine rings is 1. The molecule has 0 aliphatic heterocycles. The summed E-state index contributed by atoms with van der Waals surface area (Å²) in [6, 6.07) is 8.44. The van der Waals surface area contributed by atoms with Crippen molar-refractivity contribution in [1.29, 1.82) is 0 Å². The van der Waals surface area contributed by atoms with Gasteiger partial charge in [0.2, 0.25) is 0 Å². The average molecular weight is 287 g/mol. The van der Waals surface area contributed by atoms with E-state index in [2.05, 4.69) is 4.98 Å². The van der Waals surface area contributed by atoms with Gasteiger partial charge in [0.15, 0.2) is 0 Å². The SMILES string of the molecule is Cc1cccn2cc(CSc3cc(F)ccc3N)nc12. The van der Waals surface area contributed by atoms with E-state index in [9.17, 15) is 4.39 Å². The molecule has 0 atom stereocenters. The molecule has 0 radical (unpaired) electrons. The van der Waals surface area contributed by atoms with Crippen LogP contribution >= 0.6 is 11.8 Å². The first-order chi connectivity index (χ1) is 9.63. The van der Waals surface area contributed by atoms with Crippen LogP contribution in [0.3, 0.4) is 0 Å². The Morgan fingerprint density at radius 3 is 3.00 bits per heavy atom. The first-order valence-electron chi connectivity index (χ1n) is 6.24. The summed E-state index contributed by atoms with van der Waals surface area (Å²) >= 11 is 1.49. The molecular formula is C15H14FN3S. The molecule has 0 spiro atoms. The lowest BCUT2D eigenvalue weighted by atomic mass is 10.3. The van der Waals surface area contributed by atoms with Crippen molar-refractivity contribution in [2.24, 2.45) is 0 Å². The van der Waals surface area contributed by atoms with Gasteiger partial charge >= 0.3 is 0 Å². The zero-order valence-electron chi connectivity index (χ0n) is 11.0. The Morgan fingerprint density at radius 1 is 1.35 bits per heavy atom. The summed E-state index contributed by atoms with van der Waals surface area (Å²) in [6.45, 7) is 2.03. The molecule has 2 N–H and O–H groups in total. The zero-order chi connectivity index (χ0) is 14.1. The highest BCUT2D eigenvalue weighted by atomic mass is 32.2. The monoisotopic (exact) mass is 287 g/mol. The Hall–Kier alpha value is -2.01. The number of nitrogens with two attached hydrogens (primary N) is 1. The van der Waals surface area contributed by atoms with E-state index in [-0.39, 0.29) is 5.82 Å². The smallest absolute Gasteiger partial charge is 0.139 e. The number of hydrogen-bond donors (Lipinski definition) is 1. The number of rotatable bonds is 3. The molecule has 0 saturated heterocycles. The molecule has 2 heterocycles. The highest BCUT2D eigenvalue weighted by molar-refractivity contribution is 7.98. The third-order valence-corrected chi connectivity index (χ3v) is 4.18. The molecule has 0 aliphatic carbocycles. The predicted molar refractivity (Wildman–Crippen MR) is 80.3 cm³/mol. The molecule has 3 rings (SSSR count). The molecule has 0 saturated carbocycles. The topological polar surface area (TPSA) is 43.3 Å². The Morgan fingerprint density at radius 2 is 2.20 bits per heavy atom. The largest absolute Gasteiger partial charge is 0.398 e. The minimum Gasteiger partial charge on any atom is -0.398 e. The summed E-state index contributed by atoms with van der Waals surface area (Å²) in [5.41, 5.74) is 9.47. The van der Waals surface area contributed by atoms with Gasteiger partial charge in [0, 0.05) is 28.7 Å². The molecule has 0 aliphatic rings. The van der Waals surface area contributed by atoms with Crippen molar-refractivity contribution in [2.45, 2.75) is 17.6 Å². The first-order valence-corrected chi connectivity index (χ1v) is 7.23. The van der Waals surface area contributed by atoms with E-state index in [0.29, 0.717) is 11.4 Å². The highest BCUT2D eigenvalue weighted by Crippen LogP contribution is 2.28. The quantitative estimate of drug-likeness (QED) is 0.590. The number of benzene rings is 1. The fraction of sp³-hybridized carbons (Fsp3) is 0.133. The second kappa shape index (κ2) is 5.17. The number of nitrogen functional groups attached to an aromatic ring is 1. The Kier molecular flexibility index (Phi) is 3.36. The molecule has 102 valence electrons. The van der Waals surface area contributed by atoms with Gasteiger partial charge in [-0.15, -0.1) is 11.8 Å². The van der Waals surface area contributed by atoms with Crippen molar-refractivity contribution >= 4 is 23.1 Å². The number of hydrogen-bond acceptors (Lipinski definition) is 3. The molecule has 0 bridgehead atoms. The lowest BCUT2D eigenvalue weighted by Crippen LogP contribution is -1.90. The molecule has 0 amide bonds. The predicted octanol–water partition coefficient (Wildman–Crippen LogP) is 3.66. The Labute approximate surface area is 120 Å². The summed E-state index contributed by atoms with van der Waals surface area (Å²) < 4.78 is 15.2. The molecule has 2 aromatic heterocycles. The lowest BCUT2D eigenvalue weighted by Gasteiger charge is -2.03. The number of halogens is 1. The maximum absolute atomic E-state index is 13.2. The van der Waals surface area contributed by atoms with Crippen LogP contribution in [0.15, 0.2) is 47.6 Å². The van der Waals surface area contributed by atoms with Crippen LogP contribution in [0.25, 0.3) is 5.65 Å². The van der Waals surface area contributed by atoms with Crippen LogP contribution < -0.4 is 5.73 Å². The van der Waals surface area contributed by atoms with Crippen molar-refractivity contribution < 1.29 is 4.39 Å². The van der Waals surface area contributed by atoms with Crippen LogP contribution in [0.2, 0.25) is 0 Å². The van der Waals surface area contributed by atoms with Gasteiger partial charge in [-0.3, -0.25) is 0 Å². The molecule has 5 heteroatoms. The number of fused-ring (bicyclic) bond motifs is 1. The van der Waals surface area contributed by atoms with E-state index >= 15 is 0 Å². The summed E-state index contributed by atoms with van der Waals surface area (Å²) in [7, 11) is 0. The van der Waals surface area contributed by atoms with Crippen molar-refractivity contribution in [3.05, 3.63) is 59.8 Å². The van der Waals surface area contributed by atoms with Crippen LogP contribution in [-0.2, 0) is 5.75 Å². The third-order valence-electron chi connectivity index (χ3n) is 3.08. The first kappa shape index (κ1) is 13.0. The molecule has 0 fully saturated rings. The van der Waals surface area contributed by atoms with Gasteiger partial charge in [-0.25, -0.2) is 9.37 Å². The summed E-state index contributed by atoms with van der Waals surface area (Å²) in [5.74, 6) is 0.391. The van der Waals surface area contributed by atoms with E-state index in [1.807, 2.05) is 35.9 Å². The van der Waals surface area contributed by atoms with Gasteiger partial charge in [0.05, 0.1) is 5.69 Å². The highest BCUT2D eigenvalue weighted by Gasteiger charge is 2.06. The fourth-order valence-corrected chi connectivity index (χ4v) is 2.93. The van der Waals surface area contributed by atoms with E-state index in [0.717, 1.165) is 21.8 Å². The number of aryl methyl sites for hydroxylation is 1. The number of anilines is 1. The molecule has 1 aromatic carbocycles. The van der Waals surface area contributed by atoms with Crippen LogP contribution in [0.5, 0.6) is 0 Å². The van der Waals surface area contributed by atoms with E-state index in [4.69, 9.17) is 5.73 Å². The Balaban J connectivity index is 1.83. The summed E-state index contributed by atoms with van der Waals surface area (Å²) in [6.07, 6.45) is 3.96.